The highest BCUT2D eigenvalue weighted by molar-refractivity contribution is 5.88. The number of amides is 2. The summed E-state index contributed by atoms with van der Waals surface area (Å²) in [4.78, 5) is 28.6. The van der Waals surface area contributed by atoms with Crippen molar-refractivity contribution in [2.75, 3.05) is 32.7 Å². The maximum absolute atomic E-state index is 12.4. The minimum Gasteiger partial charge on any atom is -0.370 e. The second-order valence-electron chi connectivity index (χ2n) is 7.53. The van der Waals surface area contributed by atoms with Crippen LogP contribution in [0.1, 0.15) is 47.0 Å². The van der Waals surface area contributed by atoms with E-state index in [0.717, 1.165) is 39.0 Å². The zero-order valence-corrected chi connectivity index (χ0v) is 14.9. The minimum absolute atomic E-state index is 0.0359. The molecule has 0 saturated carbocycles. The van der Waals surface area contributed by atoms with Gasteiger partial charge in [0.2, 0.25) is 11.8 Å². The minimum atomic E-state index is -0.452. The van der Waals surface area contributed by atoms with E-state index in [1.54, 1.807) is 6.92 Å². The molecule has 2 fully saturated rings. The van der Waals surface area contributed by atoms with Crippen LogP contribution < -0.4 is 5.32 Å². The number of carbonyl (C=O) groups is 2. The zero-order chi connectivity index (χ0) is 17.0. The van der Waals surface area contributed by atoms with Crippen molar-refractivity contribution in [1.29, 1.82) is 0 Å². The summed E-state index contributed by atoms with van der Waals surface area (Å²) < 4.78 is 5.85. The predicted octanol–water partition coefficient (Wildman–Crippen LogP) is 1.00. The number of hydrogen-bond donors (Lipinski definition) is 1. The average molecular weight is 325 g/mol. The van der Waals surface area contributed by atoms with Crippen molar-refractivity contribution in [3.63, 3.8) is 0 Å². The molecule has 132 valence electrons. The van der Waals surface area contributed by atoms with Gasteiger partial charge in [0.05, 0.1) is 18.2 Å². The first kappa shape index (κ1) is 18.2. The topological polar surface area (TPSA) is 61.9 Å². The highest BCUT2D eigenvalue weighted by atomic mass is 16.5. The molecule has 2 aliphatic rings. The van der Waals surface area contributed by atoms with Gasteiger partial charge in [0.25, 0.3) is 0 Å². The van der Waals surface area contributed by atoms with E-state index in [4.69, 9.17) is 4.74 Å². The maximum atomic E-state index is 12.4. The number of hydrogen-bond acceptors (Lipinski definition) is 4. The lowest BCUT2D eigenvalue weighted by molar-refractivity contribution is -0.143. The number of likely N-dealkylation sites (tertiary alicyclic amines) is 1. The number of rotatable bonds is 4. The molecule has 2 amide bonds. The van der Waals surface area contributed by atoms with Gasteiger partial charge in [-0.3, -0.25) is 14.5 Å². The average Bonchev–Trinajstić information content (AvgIpc) is 2.44. The Hall–Kier alpha value is -1.14. The molecule has 0 aromatic rings. The quantitative estimate of drug-likeness (QED) is 0.838. The third-order valence-corrected chi connectivity index (χ3v) is 4.42. The number of nitrogens with one attached hydrogen (secondary N) is 1. The molecule has 1 N–H and O–H groups in total. The molecule has 2 aliphatic heterocycles. The predicted molar refractivity (Wildman–Crippen MR) is 89.1 cm³/mol. The van der Waals surface area contributed by atoms with Crippen LogP contribution in [-0.4, -0.2) is 72.1 Å². The van der Waals surface area contributed by atoms with E-state index in [9.17, 15) is 9.59 Å². The van der Waals surface area contributed by atoms with Crippen molar-refractivity contribution in [2.24, 2.45) is 0 Å². The lowest BCUT2D eigenvalue weighted by Crippen LogP contribution is -2.55. The second-order valence-corrected chi connectivity index (χ2v) is 7.53. The summed E-state index contributed by atoms with van der Waals surface area (Å²) in [7, 11) is 0. The lowest BCUT2D eigenvalue weighted by Gasteiger charge is -2.41. The Morgan fingerprint density at radius 3 is 2.52 bits per heavy atom. The van der Waals surface area contributed by atoms with Gasteiger partial charge in [0.1, 0.15) is 6.04 Å². The van der Waals surface area contributed by atoms with Crippen molar-refractivity contribution in [1.82, 2.24) is 15.1 Å². The largest absolute Gasteiger partial charge is 0.370 e. The summed E-state index contributed by atoms with van der Waals surface area (Å²) in [5.74, 6) is -0.0542. The van der Waals surface area contributed by atoms with E-state index in [2.05, 4.69) is 10.2 Å². The summed E-state index contributed by atoms with van der Waals surface area (Å²) >= 11 is 0. The normalized spacial score (nSPS) is 26.6. The van der Waals surface area contributed by atoms with Crippen LogP contribution in [0.2, 0.25) is 0 Å². The van der Waals surface area contributed by atoms with Crippen LogP contribution in [0.15, 0.2) is 0 Å². The van der Waals surface area contributed by atoms with Gasteiger partial charge >= 0.3 is 0 Å². The van der Waals surface area contributed by atoms with Crippen LogP contribution in [0.5, 0.6) is 0 Å². The summed E-state index contributed by atoms with van der Waals surface area (Å²) in [6.07, 6.45) is 3.43. The number of nitrogens with zero attached hydrogens (tertiary/aromatic N) is 2. The third kappa shape index (κ3) is 5.46. The summed E-state index contributed by atoms with van der Waals surface area (Å²) in [6, 6.07) is -0.452. The van der Waals surface area contributed by atoms with Gasteiger partial charge in [-0.1, -0.05) is 0 Å². The summed E-state index contributed by atoms with van der Waals surface area (Å²) in [6.45, 7) is 11.3. The molecular weight excluding hydrogens is 294 g/mol. The molecule has 6 nitrogen and oxygen atoms in total. The van der Waals surface area contributed by atoms with Crippen molar-refractivity contribution in [2.45, 2.75) is 64.7 Å². The molecule has 0 aromatic heterocycles. The van der Waals surface area contributed by atoms with E-state index < -0.39 is 6.04 Å². The smallest absolute Gasteiger partial charge is 0.244 e. The second kappa shape index (κ2) is 7.62. The van der Waals surface area contributed by atoms with Gasteiger partial charge in [0.15, 0.2) is 0 Å². The van der Waals surface area contributed by atoms with Crippen molar-refractivity contribution in [3.8, 4) is 0 Å². The molecule has 2 saturated heterocycles. The fraction of sp³-hybridized carbons (Fsp3) is 0.882. The van der Waals surface area contributed by atoms with Crippen LogP contribution in [0.4, 0.5) is 0 Å². The zero-order valence-electron chi connectivity index (χ0n) is 14.9. The summed E-state index contributed by atoms with van der Waals surface area (Å²) in [5.41, 5.74) is -0.243. The van der Waals surface area contributed by atoms with Gasteiger partial charge in [-0.15, -0.1) is 0 Å². The van der Waals surface area contributed by atoms with E-state index in [0.29, 0.717) is 6.54 Å². The van der Waals surface area contributed by atoms with Gasteiger partial charge in [-0.25, -0.2) is 0 Å². The molecule has 0 spiro atoms. The van der Waals surface area contributed by atoms with Crippen LogP contribution in [0.3, 0.4) is 0 Å². The van der Waals surface area contributed by atoms with Crippen molar-refractivity contribution >= 4 is 11.8 Å². The molecule has 2 heterocycles. The van der Waals surface area contributed by atoms with E-state index in [1.165, 1.54) is 6.42 Å². The molecule has 0 aromatic carbocycles. The SMILES string of the molecule is CC1CN(CC(=O)NC(C)C(=O)N2CCCCC2)CC(C)(C)O1. The van der Waals surface area contributed by atoms with E-state index in [1.807, 2.05) is 25.7 Å². The molecule has 2 rings (SSSR count). The van der Waals surface area contributed by atoms with Crippen LogP contribution >= 0.6 is 0 Å². The molecule has 2 unspecified atom stereocenters. The standard InChI is InChI=1S/C17H31N3O3/c1-13-10-19(12-17(3,4)23-13)11-15(21)18-14(2)16(22)20-8-6-5-7-9-20/h13-14H,5-12H2,1-4H3,(H,18,21). The van der Waals surface area contributed by atoms with Gasteiger partial charge in [-0.05, 0) is 47.0 Å². The number of carbonyl (C=O) groups excluding carboxylic acids is 2. The van der Waals surface area contributed by atoms with E-state index in [-0.39, 0.29) is 23.5 Å². The monoisotopic (exact) mass is 325 g/mol. The Morgan fingerprint density at radius 2 is 1.91 bits per heavy atom. The van der Waals surface area contributed by atoms with Gasteiger partial charge in [0, 0.05) is 26.2 Å². The highest BCUT2D eigenvalue weighted by Gasteiger charge is 2.32. The first-order valence-corrected chi connectivity index (χ1v) is 8.75. The first-order chi connectivity index (χ1) is 10.8. The Labute approximate surface area is 139 Å². The van der Waals surface area contributed by atoms with Gasteiger partial charge < -0.3 is 15.0 Å². The molecule has 0 radical (unpaired) electrons. The number of morpholine rings is 1. The molecule has 2 atom stereocenters. The van der Waals surface area contributed by atoms with Crippen molar-refractivity contribution in [3.05, 3.63) is 0 Å². The Bertz CT molecular complexity index is 433. The molecular formula is C17H31N3O3. The number of piperidine rings is 1. The van der Waals surface area contributed by atoms with Crippen LogP contribution in [-0.2, 0) is 14.3 Å². The van der Waals surface area contributed by atoms with Crippen molar-refractivity contribution < 1.29 is 14.3 Å². The molecule has 0 bridgehead atoms. The Kier molecular flexibility index (Phi) is 6.03. The summed E-state index contributed by atoms with van der Waals surface area (Å²) in [5, 5.41) is 2.85. The van der Waals surface area contributed by atoms with Gasteiger partial charge in [-0.2, -0.15) is 0 Å². The maximum Gasteiger partial charge on any atom is 0.244 e. The van der Waals surface area contributed by atoms with Crippen LogP contribution in [0.25, 0.3) is 0 Å². The molecule has 23 heavy (non-hydrogen) atoms. The fourth-order valence-corrected chi connectivity index (χ4v) is 3.65. The van der Waals surface area contributed by atoms with Crippen LogP contribution in [0, 0.1) is 0 Å². The fourth-order valence-electron chi connectivity index (χ4n) is 3.65. The first-order valence-electron chi connectivity index (χ1n) is 8.75. The molecule has 6 heteroatoms. The Balaban J connectivity index is 1.80. The third-order valence-electron chi connectivity index (χ3n) is 4.42. The lowest BCUT2D eigenvalue weighted by atomic mass is 10.1. The number of ether oxygens (including phenoxy) is 1. The molecule has 0 aliphatic carbocycles. The van der Waals surface area contributed by atoms with E-state index >= 15 is 0 Å². The Morgan fingerprint density at radius 1 is 1.26 bits per heavy atom. The highest BCUT2D eigenvalue weighted by Crippen LogP contribution is 2.20.